The molecular weight excluding hydrogens is 386 g/mol. The number of nitrogens with one attached hydrogen (secondary N) is 2. The van der Waals surface area contributed by atoms with Crippen LogP contribution >= 0.6 is 0 Å². The number of aromatic nitrogens is 2. The molecule has 1 aromatic heterocycles. The first kappa shape index (κ1) is 21.3. The monoisotopic (exact) mass is 419 g/mol. The smallest absolute Gasteiger partial charge is 0.354 e. The van der Waals surface area contributed by atoms with Crippen molar-refractivity contribution in [2.24, 2.45) is 5.92 Å². The van der Waals surface area contributed by atoms with E-state index in [1.54, 1.807) is 6.20 Å². The number of hydrogen-bond donors (Lipinski definition) is 3. The minimum absolute atomic E-state index is 0.123. The number of aromatic carboxylic acids is 1. The number of H-pyrrole nitrogens is 1. The molecule has 9 nitrogen and oxygen atoms in total. The zero-order valence-electron chi connectivity index (χ0n) is 17.5. The summed E-state index contributed by atoms with van der Waals surface area (Å²) in [6, 6.07) is 0.556. The van der Waals surface area contributed by atoms with E-state index >= 15 is 0 Å². The third kappa shape index (κ3) is 5.19. The number of hydrogen-bond acceptors (Lipinski definition) is 6. The minimum Gasteiger partial charge on any atom is -0.477 e. The normalized spacial score (nSPS) is 24.9. The Labute approximate surface area is 177 Å². The number of carboxylic acids is 1. The summed E-state index contributed by atoms with van der Waals surface area (Å²) in [4.78, 5) is 28.5. The summed E-state index contributed by atoms with van der Waals surface area (Å²) >= 11 is 0. The fourth-order valence-electron chi connectivity index (χ4n) is 4.99. The second kappa shape index (κ2) is 9.89. The molecule has 166 valence electrons. The van der Waals surface area contributed by atoms with Gasteiger partial charge < -0.3 is 20.1 Å². The van der Waals surface area contributed by atoms with Crippen LogP contribution < -0.4 is 5.32 Å². The van der Waals surface area contributed by atoms with E-state index in [-0.39, 0.29) is 23.6 Å². The highest BCUT2D eigenvalue weighted by Crippen LogP contribution is 2.25. The molecule has 3 N–H and O–H groups in total. The maximum Gasteiger partial charge on any atom is 0.354 e. The molecule has 4 heterocycles. The Hall–Kier alpha value is -1.97. The van der Waals surface area contributed by atoms with Gasteiger partial charge in [-0.05, 0) is 64.7 Å². The second-order valence-corrected chi connectivity index (χ2v) is 8.77. The summed E-state index contributed by atoms with van der Waals surface area (Å²) < 4.78 is 5.59. The van der Waals surface area contributed by atoms with Crippen LogP contribution in [0, 0.1) is 5.92 Å². The summed E-state index contributed by atoms with van der Waals surface area (Å²) in [6.07, 6.45) is 7.98. The van der Waals surface area contributed by atoms with Crippen LogP contribution in [0.25, 0.3) is 0 Å². The van der Waals surface area contributed by atoms with Crippen molar-refractivity contribution in [3.8, 4) is 0 Å². The van der Waals surface area contributed by atoms with Crippen molar-refractivity contribution in [1.82, 2.24) is 25.3 Å². The molecule has 0 radical (unpaired) electrons. The quantitative estimate of drug-likeness (QED) is 0.606. The largest absolute Gasteiger partial charge is 0.477 e. The highest BCUT2D eigenvalue weighted by molar-refractivity contribution is 5.86. The number of likely N-dealkylation sites (tertiary alicyclic amines) is 2. The van der Waals surface area contributed by atoms with Crippen LogP contribution in [0.4, 0.5) is 0 Å². The third-order valence-corrected chi connectivity index (χ3v) is 6.83. The van der Waals surface area contributed by atoms with Crippen LogP contribution in [0.5, 0.6) is 0 Å². The van der Waals surface area contributed by atoms with Gasteiger partial charge in [0.15, 0.2) is 0 Å². The Kier molecular flexibility index (Phi) is 7.01. The molecule has 1 atom stereocenters. The molecule has 9 heteroatoms. The lowest BCUT2D eigenvalue weighted by Crippen LogP contribution is -2.49. The van der Waals surface area contributed by atoms with Gasteiger partial charge in [0.1, 0.15) is 5.69 Å². The van der Waals surface area contributed by atoms with Crippen LogP contribution in [0.3, 0.4) is 0 Å². The Morgan fingerprint density at radius 3 is 2.60 bits per heavy atom. The molecular formula is C21H33N5O4. The van der Waals surface area contributed by atoms with Gasteiger partial charge in [-0.15, -0.1) is 0 Å². The van der Waals surface area contributed by atoms with Crippen molar-refractivity contribution in [3.05, 3.63) is 17.5 Å². The first-order chi connectivity index (χ1) is 14.6. The van der Waals surface area contributed by atoms with Gasteiger partial charge in [-0.1, -0.05) is 0 Å². The Morgan fingerprint density at radius 1 is 1.17 bits per heavy atom. The van der Waals surface area contributed by atoms with E-state index in [0.29, 0.717) is 19.1 Å². The molecule has 0 spiro atoms. The highest BCUT2D eigenvalue weighted by Gasteiger charge is 2.31. The van der Waals surface area contributed by atoms with Crippen molar-refractivity contribution in [2.75, 3.05) is 39.3 Å². The van der Waals surface area contributed by atoms with Crippen molar-refractivity contribution in [3.63, 3.8) is 0 Å². The van der Waals surface area contributed by atoms with Crippen molar-refractivity contribution in [1.29, 1.82) is 0 Å². The molecule has 3 saturated heterocycles. The molecule has 3 fully saturated rings. The topological polar surface area (TPSA) is 111 Å². The highest BCUT2D eigenvalue weighted by atomic mass is 16.5. The molecule has 0 aromatic carbocycles. The molecule has 0 bridgehead atoms. The molecule has 0 aliphatic carbocycles. The number of carboxylic acid groups (broad SMARTS) is 1. The number of nitrogens with zero attached hydrogens (tertiary/aromatic N) is 3. The molecule has 1 amide bonds. The predicted octanol–water partition coefficient (Wildman–Crippen LogP) is 1.08. The molecule has 3 aliphatic rings. The number of rotatable bonds is 7. The van der Waals surface area contributed by atoms with Crippen molar-refractivity contribution in [2.45, 2.75) is 57.2 Å². The Bertz CT molecular complexity index is 717. The second-order valence-electron chi connectivity index (χ2n) is 8.77. The lowest BCUT2D eigenvalue weighted by Gasteiger charge is -2.41. The molecule has 1 unspecified atom stereocenters. The number of aromatic amines is 1. The number of amides is 1. The lowest BCUT2D eigenvalue weighted by molar-refractivity contribution is -0.127. The fraction of sp³-hybridized carbons (Fsp3) is 0.762. The molecule has 0 saturated carbocycles. The maximum absolute atomic E-state index is 12.5. The average Bonchev–Trinajstić information content (AvgIpc) is 3.45. The number of ether oxygens (including phenoxy) is 1. The number of carbonyl (C=O) groups excluding carboxylic acids is 1. The van der Waals surface area contributed by atoms with Gasteiger partial charge >= 0.3 is 5.97 Å². The van der Waals surface area contributed by atoms with Gasteiger partial charge in [0.05, 0.1) is 12.3 Å². The van der Waals surface area contributed by atoms with E-state index in [4.69, 9.17) is 4.74 Å². The number of piperidine rings is 2. The minimum atomic E-state index is -0.958. The van der Waals surface area contributed by atoms with Gasteiger partial charge in [-0.3, -0.25) is 14.8 Å². The Balaban J connectivity index is 1.17. The van der Waals surface area contributed by atoms with E-state index in [1.165, 1.54) is 0 Å². The van der Waals surface area contributed by atoms with Gasteiger partial charge in [0.25, 0.3) is 0 Å². The summed E-state index contributed by atoms with van der Waals surface area (Å²) in [5, 5.41) is 18.7. The number of carbonyl (C=O) groups is 2. The van der Waals surface area contributed by atoms with Crippen LogP contribution in [0.1, 0.15) is 54.6 Å². The fourth-order valence-corrected chi connectivity index (χ4v) is 4.99. The zero-order chi connectivity index (χ0) is 20.9. The maximum atomic E-state index is 12.5. The molecule has 1 aromatic rings. The van der Waals surface area contributed by atoms with Crippen LogP contribution in [0.2, 0.25) is 0 Å². The summed E-state index contributed by atoms with van der Waals surface area (Å²) in [5.41, 5.74) is 0.938. The van der Waals surface area contributed by atoms with Crippen LogP contribution in [0.15, 0.2) is 6.20 Å². The third-order valence-electron chi connectivity index (χ3n) is 6.83. The zero-order valence-corrected chi connectivity index (χ0v) is 17.5. The van der Waals surface area contributed by atoms with Crippen molar-refractivity contribution < 1.29 is 19.4 Å². The van der Waals surface area contributed by atoms with Gasteiger partial charge in [-0.2, -0.15) is 5.10 Å². The van der Waals surface area contributed by atoms with Gasteiger partial charge in [-0.25, -0.2) is 4.79 Å². The standard InChI is InChI=1S/C21H33N5O4/c27-20(22-13-18-2-1-11-30-18)15-3-9-26(10-4-15)17-5-7-25(8-6-17)14-16-12-23-24-19(16)21(28)29/h12,15,17-18H,1-11,13-14H2,(H,22,27)(H,23,24)(H,28,29). The summed E-state index contributed by atoms with van der Waals surface area (Å²) in [5.74, 6) is -0.646. The Morgan fingerprint density at radius 2 is 1.93 bits per heavy atom. The van der Waals surface area contributed by atoms with Crippen LogP contribution in [-0.4, -0.2) is 88.5 Å². The molecule has 4 rings (SSSR count). The van der Waals surface area contributed by atoms with E-state index < -0.39 is 5.97 Å². The van der Waals surface area contributed by atoms with E-state index in [2.05, 4.69) is 25.3 Å². The first-order valence-electron chi connectivity index (χ1n) is 11.2. The first-order valence-corrected chi connectivity index (χ1v) is 11.2. The molecule has 30 heavy (non-hydrogen) atoms. The van der Waals surface area contributed by atoms with E-state index in [9.17, 15) is 14.7 Å². The van der Waals surface area contributed by atoms with E-state index in [0.717, 1.165) is 76.9 Å². The lowest BCUT2D eigenvalue weighted by atomic mass is 9.92. The molecule has 3 aliphatic heterocycles. The SMILES string of the molecule is O=C(O)c1[nH]ncc1CN1CCC(N2CCC(C(=O)NCC3CCCO3)CC2)CC1. The summed E-state index contributed by atoms with van der Waals surface area (Å²) in [6.45, 7) is 5.96. The average molecular weight is 420 g/mol. The van der Waals surface area contributed by atoms with Crippen molar-refractivity contribution >= 4 is 11.9 Å². The summed E-state index contributed by atoms with van der Waals surface area (Å²) in [7, 11) is 0. The van der Waals surface area contributed by atoms with E-state index in [1.807, 2.05) is 0 Å². The van der Waals surface area contributed by atoms with Gasteiger partial charge in [0.2, 0.25) is 5.91 Å². The predicted molar refractivity (Wildman–Crippen MR) is 110 cm³/mol. The van der Waals surface area contributed by atoms with Crippen LogP contribution in [-0.2, 0) is 16.1 Å². The van der Waals surface area contributed by atoms with Gasteiger partial charge in [0, 0.05) is 37.2 Å².